The standard InChI is InChI=1S/C22H25NO4S/c1-4-5-16-10-18-20(28-16)11-23-22-19(27-13(3)25)8-14-6-7-15(26-12(2)24)9-17(14)21(18)22/h6-7,9-10,19,21-23H,4-5,8,11H2,1-3H3. The molecule has 3 unspecified atom stereocenters. The van der Waals surface area contributed by atoms with Gasteiger partial charge in [-0.1, -0.05) is 19.4 Å². The first-order valence-electron chi connectivity index (χ1n) is 9.79. The maximum Gasteiger partial charge on any atom is 0.308 e. The van der Waals surface area contributed by atoms with E-state index in [4.69, 9.17) is 9.47 Å². The maximum atomic E-state index is 11.7. The zero-order chi connectivity index (χ0) is 19.8. The van der Waals surface area contributed by atoms with Gasteiger partial charge in [0.1, 0.15) is 11.9 Å². The van der Waals surface area contributed by atoms with Crippen molar-refractivity contribution >= 4 is 23.3 Å². The number of esters is 2. The molecule has 1 N–H and O–H groups in total. The van der Waals surface area contributed by atoms with Crippen LogP contribution in [-0.4, -0.2) is 24.1 Å². The van der Waals surface area contributed by atoms with Crippen LogP contribution in [0.15, 0.2) is 24.3 Å². The molecule has 0 saturated heterocycles. The number of carbonyl (C=O) groups is 2. The molecule has 2 aromatic rings. The van der Waals surface area contributed by atoms with Gasteiger partial charge in [0.2, 0.25) is 0 Å². The molecule has 0 radical (unpaired) electrons. The Morgan fingerprint density at radius 3 is 2.71 bits per heavy atom. The van der Waals surface area contributed by atoms with E-state index < -0.39 is 0 Å². The van der Waals surface area contributed by atoms with Gasteiger partial charge in [-0.15, -0.1) is 11.3 Å². The summed E-state index contributed by atoms with van der Waals surface area (Å²) in [6.07, 6.45) is 2.63. The van der Waals surface area contributed by atoms with E-state index in [0.717, 1.165) is 30.5 Å². The monoisotopic (exact) mass is 399 g/mol. The van der Waals surface area contributed by atoms with E-state index in [1.165, 1.54) is 29.2 Å². The Labute approximate surface area is 169 Å². The van der Waals surface area contributed by atoms with Crippen LogP contribution in [0.2, 0.25) is 0 Å². The highest BCUT2D eigenvalue weighted by Gasteiger charge is 2.43. The van der Waals surface area contributed by atoms with Crippen LogP contribution in [-0.2, 0) is 33.7 Å². The topological polar surface area (TPSA) is 64.6 Å². The fourth-order valence-electron chi connectivity index (χ4n) is 4.45. The van der Waals surface area contributed by atoms with Crippen LogP contribution in [0.3, 0.4) is 0 Å². The largest absolute Gasteiger partial charge is 0.461 e. The minimum atomic E-state index is -0.326. The quantitative estimate of drug-likeness (QED) is 0.627. The van der Waals surface area contributed by atoms with Crippen LogP contribution in [0.25, 0.3) is 0 Å². The average molecular weight is 400 g/mol. The predicted molar refractivity (Wildman–Crippen MR) is 108 cm³/mol. The van der Waals surface area contributed by atoms with Crippen molar-refractivity contribution in [1.29, 1.82) is 0 Å². The van der Waals surface area contributed by atoms with Crippen molar-refractivity contribution in [2.75, 3.05) is 0 Å². The van der Waals surface area contributed by atoms with Crippen molar-refractivity contribution in [3.63, 3.8) is 0 Å². The Bertz CT molecular complexity index is 919. The second kappa shape index (κ2) is 7.68. The Hall–Kier alpha value is -2.18. The Morgan fingerprint density at radius 1 is 1.18 bits per heavy atom. The number of nitrogens with one attached hydrogen (secondary N) is 1. The van der Waals surface area contributed by atoms with Gasteiger partial charge in [-0.2, -0.15) is 0 Å². The van der Waals surface area contributed by atoms with Crippen molar-refractivity contribution < 1.29 is 19.1 Å². The molecule has 6 heteroatoms. The first-order chi connectivity index (χ1) is 13.5. The van der Waals surface area contributed by atoms with E-state index in [-0.39, 0.29) is 30.0 Å². The number of carbonyl (C=O) groups excluding carboxylic acids is 2. The number of fused-ring (bicyclic) bond motifs is 5. The zero-order valence-electron chi connectivity index (χ0n) is 16.4. The van der Waals surface area contributed by atoms with E-state index >= 15 is 0 Å². The molecule has 0 bridgehead atoms. The number of hydrogen-bond donors (Lipinski definition) is 1. The molecule has 4 rings (SSSR count). The minimum Gasteiger partial charge on any atom is -0.461 e. The fraction of sp³-hybridized carbons (Fsp3) is 0.455. The fourth-order valence-corrected chi connectivity index (χ4v) is 5.72. The molecular weight excluding hydrogens is 374 g/mol. The zero-order valence-corrected chi connectivity index (χ0v) is 17.2. The van der Waals surface area contributed by atoms with Gasteiger partial charge in [0.05, 0.1) is 6.04 Å². The van der Waals surface area contributed by atoms with Crippen molar-refractivity contribution in [2.45, 2.75) is 64.6 Å². The molecule has 1 aliphatic heterocycles. The highest BCUT2D eigenvalue weighted by Crippen LogP contribution is 2.45. The van der Waals surface area contributed by atoms with Gasteiger partial charge in [0.15, 0.2) is 0 Å². The molecule has 3 atom stereocenters. The van der Waals surface area contributed by atoms with Crippen LogP contribution in [0.5, 0.6) is 5.75 Å². The molecule has 1 aromatic heterocycles. The first-order valence-corrected chi connectivity index (χ1v) is 10.6. The predicted octanol–water partition coefficient (Wildman–Crippen LogP) is 3.72. The summed E-state index contributed by atoms with van der Waals surface area (Å²) < 4.78 is 11.0. The molecule has 5 nitrogen and oxygen atoms in total. The summed E-state index contributed by atoms with van der Waals surface area (Å²) in [7, 11) is 0. The highest BCUT2D eigenvalue weighted by molar-refractivity contribution is 7.12. The van der Waals surface area contributed by atoms with Crippen LogP contribution in [0, 0.1) is 0 Å². The van der Waals surface area contributed by atoms with E-state index in [2.05, 4.69) is 18.3 Å². The molecule has 2 aliphatic rings. The van der Waals surface area contributed by atoms with Crippen molar-refractivity contribution in [1.82, 2.24) is 5.32 Å². The van der Waals surface area contributed by atoms with E-state index in [9.17, 15) is 9.59 Å². The third-order valence-corrected chi connectivity index (χ3v) is 6.65. The van der Waals surface area contributed by atoms with Crippen LogP contribution in [0.1, 0.15) is 59.6 Å². The molecule has 1 aromatic carbocycles. The summed E-state index contributed by atoms with van der Waals surface area (Å²) in [5.41, 5.74) is 3.61. The van der Waals surface area contributed by atoms with E-state index in [0.29, 0.717) is 12.2 Å². The Balaban J connectivity index is 1.80. The van der Waals surface area contributed by atoms with E-state index in [1.54, 1.807) is 0 Å². The van der Waals surface area contributed by atoms with Crippen LogP contribution < -0.4 is 10.1 Å². The van der Waals surface area contributed by atoms with Gasteiger partial charge in [-0.3, -0.25) is 9.59 Å². The molecule has 2 heterocycles. The van der Waals surface area contributed by atoms with Gasteiger partial charge < -0.3 is 14.8 Å². The summed E-state index contributed by atoms with van der Waals surface area (Å²) in [5.74, 6) is 0.0583. The number of rotatable bonds is 4. The minimum absolute atomic E-state index is 0.0144. The molecular formula is C22H25NO4S. The Morgan fingerprint density at radius 2 is 2.00 bits per heavy atom. The molecule has 148 valence electrons. The summed E-state index contributed by atoms with van der Waals surface area (Å²) in [5, 5.41) is 3.61. The van der Waals surface area contributed by atoms with Gasteiger partial charge in [-0.05, 0) is 41.3 Å². The lowest BCUT2D eigenvalue weighted by atomic mass is 9.72. The first kappa shape index (κ1) is 19.2. The number of hydrogen-bond acceptors (Lipinski definition) is 6. The average Bonchev–Trinajstić information content (AvgIpc) is 3.04. The maximum absolute atomic E-state index is 11.7. The third-order valence-electron chi connectivity index (χ3n) is 5.43. The van der Waals surface area contributed by atoms with E-state index in [1.807, 2.05) is 29.5 Å². The van der Waals surface area contributed by atoms with Gasteiger partial charge in [0, 0.05) is 42.5 Å². The number of benzene rings is 1. The molecule has 0 fully saturated rings. The van der Waals surface area contributed by atoms with Crippen LogP contribution in [0.4, 0.5) is 0 Å². The summed E-state index contributed by atoms with van der Waals surface area (Å²) in [4.78, 5) is 25.9. The molecule has 0 saturated carbocycles. The number of ether oxygens (including phenoxy) is 2. The lowest BCUT2D eigenvalue weighted by Crippen LogP contribution is -2.52. The lowest BCUT2D eigenvalue weighted by molar-refractivity contribution is -0.148. The third kappa shape index (κ3) is 3.59. The van der Waals surface area contributed by atoms with Crippen molar-refractivity contribution in [3.05, 3.63) is 50.7 Å². The Kier molecular flexibility index (Phi) is 5.25. The number of aryl methyl sites for hydroxylation is 1. The van der Waals surface area contributed by atoms with Crippen molar-refractivity contribution in [2.24, 2.45) is 0 Å². The van der Waals surface area contributed by atoms with Gasteiger partial charge >= 0.3 is 11.9 Å². The normalized spacial score (nSPS) is 22.6. The summed E-state index contributed by atoms with van der Waals surface area (Å²) >= 11 is 1.86. The second-order valence-corrected chi connectivity index (χ2v) is 8.75. The summed E-state index contributed by atoms with van der Waals surface area (Å²) in [6, 6.07) is 8.12. The van der Waals surface area contributed by atoms with Crippen molar-refractivity contribution in [3.8, 4) is 5.75 Å². The van der Waals surface area contributed by atoms with Crippen LogP contribution >= 0.6 is 11.3 Å². The number of thiophene rings is 1. The molecule has 0 spiro atoms. The highest BCUT2D eigenvalue weighted by atomic mass is 32.1. The second-order valence-electron chi connectivity index (χ2n) is 7.53. The molecule has 1 aliphatic carbocycles. The SMILES string of the molecule is CCCc1cc2c(s1)CNC1C(OC(C)=O)Cc3ccc(OC(C)=O)cc3C21. The lowest BCUT2D eigenvalue weighted by Gasteiger charge is -2.42. The smallest absolute Gasteiger partial charge is 0.308 e. The van der Waals surface area contributed by atoms with Gasteiger partial charge in [0.25, 0.3) is 0 Å². The molecule has 0 amide bonds. The summed E-state index contributed by atoms with van der Waals surface area (Å²) in [6.45, 7) is 5.86. The van der Waals surface area contributed by atoms with Gasteiger partial charge in [-0.25, -0.2) is 0 Å². The molecule has 28 heavy (non-hydrogen) atoms.